The van der Waals surface area contributed by atoms with Gasteiger partial charge in [0.25, 0.3) is 0 Å². The molecule has 0 aliphatic carbocycles. The van der Waals surface area contributed by atoms with Gasteiger partial charge in [0.05, 0.1) is 12.0 Å². The van der Waals surface area contributed by atoms with Gasteiger partial charge in [0, 0.05) is 25.3 Å². The number of rotatable bonds is 3. The lowest BCUT2D eigenvalue weighted by atomic mass is 9.97. The molecule has 1 aromatic heterocycles. The average Bonchev–Trinajstić information content (AvgIpc) is 2.64. The summed E-state index contributed by atoms with van der Waals surface area (Å²) in [6.45, 7) is 10.3. The molecular formula is C13H23N3. The summed E-state index contributed by atoms with van der Waals surface area (Å²) >= 11 is 0. The summed E-state index contributed by atoms with van der Waals surface area (Å²) in [5.41, 5.74) is 1.12. The lowest BCUT2D eigenvalue weighted by molar-refractivity contribution is 0.131. The molecule has 1 saturated heterocycles. The Labute approximate surface area is 98.5 Å². The van der Waals surface area contributed by atoms with Crippen LogP contribution in [0.3, 0.4) is 0 Å². The first-order valence-electron chi connectivity index (χ1n) is 6.37. The Kier molecular flexibility index (Phi) is 3.64. The van der Waals surface area contributed by atoms with Crippen molar-refractivity contribution in [3.63, 3.8) is 0 Å². The van der Waals surface area contributed by atoms with Gasteiger partial charge in [0.2, 0.25) is 0 Å². The SMILES string of the molecule is Cc1cn(C[C@@H]2CCCN(C(C)C)C2)cn1. The van der Waals surface area contributed by atoms with E-state index in [9.17, 15) is 0 Å². The summed E-state index contributed by atoms with van der Waals surface area (Å²) in [5.74, 6) is 0.796. The third-order valence-corrected chi connectivity index (χ3v) is 3.51. The van der Waals surface area contributed by atoms with Crippen molar-refractivity contribution in [1.29, 1.82) is 0 Å². The molecule has 3 heteroatoms. The number of imidazole rings is 1. The molecule has 1 aromatic rings. The lowest BCUT2D eigenvalue weighted by Crippen LogP contribution is -2.41. The average molecular weight is 221 g/mol. The van der Waals surface area contributed by atoms with Gasteiger partial charge in [-0.3, -0.25) is 0 Å². The van der Waals surface area contributed by atoms with Crippen molar-refractivity contribution in [1.82, 2.24) is 14.5 Å². The molecule has 2 heterocycles. The highest BCUT2D eigenvalue weighted by Crippen LogP contribution is 2.20. The van der Waals surface area contributed by atoms with Gasteiger partial charge in [-0.25, -0.2) is 4.98 Å². The Bertz CT molecular complexity index is 330. The molecule has 90 valence electrons. The Hall–Kier alpha value is -0.830. The van der Waals surface area contributed by atoms with Gasteiger partial charge in [0.15, 0.2) is 0 Å². The minimum atomic E-state index is 0.687. The van der Waals surface area contributed by atoms with Crippen LogP contribution in [0.15, 0.2) is 12.5 Å². The van der Waals surface area contributed by atoms with Crippen molar-refractivity contribution in [2.45, 2.75) is 46.2 Å². The molecule has 16 heavy (non-hydrogen) atoms. The molecule has 0 amide bonds. The van der Waals surface area contributed by atoms with Crippen LogP contribution in [0.4, 0.5) is 0 Å². The van der Waals surface area contributed by atoms with Gasteiger partial charge in [-0.1, -0.05) is 0 Å². The van der Waals surface area contributed by atoms with E-state index in [1.165, 1.54) is 25.9 Å². The Balaban J connectivity index is 1.90. The number of hydrogen-bond acceptors (Lipinski definition) is 2. The highest BCUT2D eigenvalue weighted by atomic mass is 15.2. The molecule has 1 fully saturated rings. The zero-order valence-corrected chi connectivity index (χ0v) is 10.7. The summed E-state index contributed by atoms with van der Waals surface area (Å²) in [6.07, 6.45) is 6.81. The first kappa shape index (κ1) is 11.6. The van der Waals surface area contributed by atoms with E-state index in [0.29, 0.717) is 6.04 Å². The molecule has 0 bridgehead atoms. The molecule has 1 aliphatic rings. The van der Waals surface area contributed by atoms with Crippen molar-refractivity contribution in [3.05, 3.63) is 18.2 Å². The molecule has 1 aliphatic heterocycles. The Morgan fingerprint density at radius 2 is 2.31 bits per heavy atom. The fourth-order valence-corrected chi connectivity index (χ4v) is 2.59. The summed E-state index contributed by atoms with van der Waals surface area (Å²) in [7, 11) is 0. The van der Waals surface area contributed by atoms with Crippen molar-refractivity contribution >= 4 is 0 Å². The second-order valence-corrected chi connectivity index (χ2v) is 5.31. The minimum absolute atomic E-state index is 0.687. The number of likely N-dealkylation sites (tertiary alicyclic amines) is 1. The maximum atomic E-state index is 4.29. The summed E-state index contributed by atoms with van der Waals surface area (Å²) < 4.78 is 2.24. The predicted molar refractivity (Wildman–Crippen MR) is 66.4 cm³/mol. The van der Waals surface area contributed by atoms with E-state index in [2.05, 4.69) is 41.4 Å². The number of piperidine rings is 1. The van der Waals surface area contributed by atoms with E-state index in [1.54, 1.807) is 0 Å². The standard InChI is InChI=1S/C13H23N3/c1-11(2)16-6-4-5-13(9-16)8-15-7-12(3)14-10-15/h7,10-11,13H,4-6,8-9H2,1-3H3/t13-/m0/s1. The molecule has 3 nitrogen and oxygen atoms in total. The van der Waals surface area contributed by atoms with Crippen molar-refractivity contribution in [3.8, 4) is 0 Å². The van der Waals surface area contributed by atoms with Crippen LogP contribution in [0.2, 0.25) is 0 Å². The summed E-state index contributed by atoms with van der Waals surface area (Å²) in [6, 6.07) is 0.687. The largest absolute Gasteiger partial charge is 0.337 e. The number of hydrogen-bond donors (Lipinski definition) is 0. The summed E-state index contributed by atoms with van der Waals surface area (Å²) in [5, 5.41) is 0. The van der Waals surface area contributed by atoms with Gasteiger partial charge >= 0.3 is 0 Å². The number of aryl methyl sites for hydroxylation is 1. The summed E-state index contributed by atoms with van der Waals surface area (Å²) in [4.78, 5) is 6.88. The molecule has 0 aromatic carbocycles. The number of nitrogens with zero attached hydrogens (tertiary/aromatic N) is 3. The molecular weight excluding hydrogens is 198 g/mol. The van der Waals surface area contributed by atoms with Crippen LogP contribution >= 0.6 is 0 Å². The fraction of sp³-hybridized carbons (Fsp3) is 0.769. The first-order valence-corrected chi connectivity index (χ1v) is 6.37. The Morgan fingerprint density at radius 3 is 2.94 bits per heavy atom. The van der Waals surface area contributed by atoms with Gasteiger partial charge in [-0.05, 0) is 46.1 Å². The van der Waals surface area contributed by atoms with E-state index in [0.717, 1.165) is 18.2 Å². The topological polar surface area (TPSA) is 21.1 Å². The van der Waals surface area contributed by atoms with Crippen LogP contribution in [0.25, 0.3) is 0 Å². The van der Waals surface area contributed by atoms with Crippen LogP contribution in [0.5, 0.6) is 0 Å². The molecule has 1 atom stereocenters. The monoisotopic (exact) mass is 221 g/mol. The minimum Gasteiger partial charge on any atom is -0.337 e. The third-order valence-electron chi connectivity index (χ3n) is 3.51. The molecule has 0 radical (unpaired) electrons. The van der Waals surface area contributed by atoms with E-state index in [4.69, 9.17) is 0 Å². The van der Waals surface area contributed by atoms with Gasteiger partial charge in [-0.2, -0.15) is 0 Å². The van der Waals surface area contributed by atoms with E-state index < -0.39 is 0 Å². The van der Waals surface area contributed by atoms with Crippen LogP contribution in [0.1, 0.15) is 32.4 Å². The normalized spacial score (nSPS) is 22.9. The maximum absolute atomic E-state index is 4.29. The zero-order chi connectivity index (χ0) is 11.5. The lowest BCUT2D eigenvalue weighted by Gasteiger charge is -2.35. The van der Waals surface area contributed by atoms with E-state index >= 15 is 0 Å². The molecule has 2 rings (SSSR count). The molecule has 0 spiro atoms. The van der Waals surface area contributed by atoms with Crippen LogP contribution < -0.4 is 0 Å². The van der Waals surface area contributed by atoms with E-state index in [1.807, 2.05) is 6.33 Å². The van der Waals surface area contributed by atoms with Crippen LogP contribution in [-0.4, -0.2) is 33.6 Å². The van der Waals surface area contributed by atoms with Crippen molar-refractivity contribution in [2.75, 3.05) is 13.1 Å². The second kappa shape index (κ2) is 5.00. The van der Waals surface area contributed by atoms with Crippen LogP contribution in [-0.2, 0) is 6.54 Å². The molecule has 0 N–H and O–H groups in total. The zero-order valence-electron chi connectivity index (χ0n) is 10.7. The quantitative estimate of drug-likeness (QED) is 0.781. The van der Waals surface area contributed by atoms with Crippen molar-refractivity contribution in [2.24, 2.45) is 5.92 Å². The van der Waals surface area contributed by atoms with Gasteiger partial charge in [-0.15, -0.1) is 0 Å². The van der Waals surface area contributed by atoms with Crippen molar-refractivity contribution < 1.29 is 0 Å². The van der Waals surface area contributed by atoms with E-state index in [-0.39, 0.29) is 0 Å². The second-order valence-electron chi connectivity index (χ2n) is 5.31. The predicted octanol–water partition coefficient (Wildman–Crippen LogP) is 2.31. The molecule has 0 unspecified atom stereocenters. The maximum Gasteiger partial charge on any atom is 0.0949 e. The smallest absolute Gasteiger partial charge is 0.0949 e. The van der Waals surface area contributed by atoms with Crippen LogP contribution in [0, 0.1) is 12.8 Å². The first-order chi connectivity index (χ1) is 7.65. The Morgan fingerprint density at radius 1 is 1.50 bits per heavy atom. The third kappa shape index (κ3) is 2.85. The van der Waals surface area contributed by atoms with Gasteiger partial charge in [0.1, 0.15) is 0 Å². The highest BCUT2D eigenvalue weighted by molar-refractivity contribution is 4.92. The number of aromatic nitrogens is 2. The fourth-order valence-electron chi connectivity index (χ4n) is 2.59. The highest BCUT2D eigenvalue weighted by Gasteiger charge is 2.21. The van der Waals surface area contributed by atoms with Gasteiger partial charge < -0.3 is 9.47 Å². The molecule has 0 saturated carbocycles.